The molecule has 1 amide bonds. The molecule has 1 fully saturated rings. The largest absolute Gasteiger partial charge is 0.444 e. The molecule has 0 spiro atoms. The lowest BCUT2D eigenvalue weighted by Crippen LogP contribution is -2.54. The van der Waals surface area contributed by atoms with Crippen LogP contribution in [0.3, 0.4) is 0 Å². The fourth-order valence-corrected chi connectivity index (χ4v) is 5.07. The lowest BCUT2D eigenvalue weighted by molar-refractivity contribution is 0.0218. The number of amides is 1. The topological polar surface area (TPSA) is 75.3 Å². The Morgan fingerprint density at radius 2 is 1.65 bits per heavy atom. The number of rotatable bonds is 5. The molecule has 1 aliphatic heterocycles. The van der Waals surface area contributed by atoms with Crippen LogP contribution >= 0.6 is 0 Å². The fraction of sp³-hybridized carbons (Fsp3) is 0.375. The van der Waals surface area contributed by atoms with Crippen molar-refractivity contribution >= 4 is 29.0 Å². The molecule has 3 heterocycles. The number of fused-ring (bicyclic) bond motifs is 1. The van der Waals surface area contributed by atoms with Crippen molar-refractivity contribution in [2.75, 3.05) is 24.5 Å². The van der Waals surface area contributed by atoms with E-state index >= 15 is 0 Å². The molecule has 0 aliphatic carbocycles. The van der Waals surface area contributed by atoms with Gasteiger partial charge in [-0.05, 0) is 41.0 Å². The van der Waals surface area contributed by atoms with E-state index in [1.165, 1.54) is 0 Å². The molecule has 2 aromatic carbocycles. The van der Waals surface area contributed by atoms with Gasteiger partial charge >= 0.3 is 6.09 Å². The molecule has 1 aliphatic rings. The second kappa shape index (κ2) is 11.1. The number of hydrogen-bond acceptors (Lipinski definition) is 6. The second-order valence-electron chi connectivity index (χ2n) is 11.3. The third kappa shape index (κ3) is 5.71. The molecule has 1 unspecified atom stereocenters. The zero-order chi connectivity index (χ0) is 28.4. The highest BCUT2D eigenvalue weighted by Crippen LogP contribution is 2.31. The Kier molecular flexibility index (Phi) is 7.61. The van der Waals surface area contributed by atoms with Gasteiger partial charge in [0.05, 0.1) is 11.4 Å². The van der Waals surface area contributed by atoms with Gasteiger partial charge in [0.25, 0.3) is 0 Å². The number of hydrogen-bond donors (Lipinski definition) is 0. The highest BCUT2D eigenvalue weighted by molar-refractivity contribution is 6.14. The lowest BCUT2D eigenvalue weighted by Gasteiger charge is -2.40. The molecular formula is C32H38N6O2. The standard InChI is InChI=1S/C32H38N6O2/c1-7-26-29(34-28(24-14-10-8-11-15-24)25-16-12-9-13-17-25)30-33-27(20-22(2)38(30)35-26)37-19-18-36(21-23(37)3)31(39)40-32(4,5)6/h8-17,20,23H,7,18-19,21H2,1-6H3. The minimum atomic E-state index is -0.518. The number of ether oxygens (including phenoxy) is 1. The van der Waals surface area contributed by atoms with Crippen LogP contribution in [-0.4, -0.2) is 62.6 Å². The summed E-state index contributed by atoms with van der Waals surface area (Å²) in [7, 11) is 0. The number of carbonyl (C=O) groups is 1. The minimum absolute atomic E-state index is 0.0698. The number of nitrogens with zero attached hydrogens (tertiary/aromatic N) is 6. The summed E-state index contributed by atoms with van der Waals surface area (Å²) in [5.74, 6) is 0.862. The Labute approximate surface area is 236 Å². The Balaban J connectivity index is 1.55. The first-order chi connectivity index (χ1) is 19.1. The molecule has 8 nitrogen and oxygen atoms in total. The van der Waals surface area contributed by atoms with Gasteiger partial charge < -0.3 is 14.5 Å². The van der Waals surface area contributed by atoms with Gasteiger partial charge in [-0.1, -0.05) is 67.6 Å². The number of piperazine rings is 1. The van der Waals surface area contributed by atoms with Crippen LogP contribution in [0.1, 0.15) is 57.1 Å². The predicted octanol–water partition coefficient (Wildman–Crippen LogP) is 6.21. The van der Waals surface area contributed by atoms with Crippen molar-refractivity contribution in [3.05, 3.63) is 89.2 Å². The van der Waals surface area contributed by atoms with Gasteiger partial charge in [0.2, 0.25) is 0 Å². The monoisotopic (exact) mass is 538 g/mol. The molecule has 0 N–H and O–H groups in total. The smallest absolute Gasteiger partial charge is 0.410 e. The van der Waals surface area contributed by atoms with Crippen molar-refractivity contribution in [3.63, 3.8) is 0 Å². The number of aryl methyl sites for hydroxylation is 2. The SMILES string of the molecule is CCc1nn2c(C)cc(N3CCN(C(=O)OC(C)(C)C)CC3C)nc2c1N=C(c1ccccc1)c1ccccc1. The van der Waals surface area contributed by atoms with Gasteiger partial charge in [0, 0.05) is 48.6 Å². The van der Waals surface area contributed by atoms with E-state index in [-0.39, 0.29) is 12.1 Å². The third-order valence-electron chi connectivity index (χ3n) is 7.03. The summed E-state index contributed by atoms with van der Waals surface area (Å²) in [6, 6.07) is 22.6. The summed E-state index contributed by atoms with van der Waals surface area (Å²) in [5.41, 5.74) is 5.85. The van der Waals surface area contributed by atoms with Crippen LogP contribution < -0.4 is 4.90 Å². The van der Waals surface area contributed by atoms with Crippen molar-refractivity contribution in [1.82, 2.24) is 19.5 Å². The van der Waals surface area contributed by atoms with Gasteiger partial charge in [0.1, 0.15) is 17.1 Å². The molecule has 0 radical (unpaired) electrons. The Morgan fingerprint density at radius 3 is 2.20 bits per heavy atom. The molecule has 208 valence electrons. The van der Waals surface area contributed by atoms with E-state index < -0.39 is 5.60 Å². The maximum Gasteiger partial charge on any atom is 0.410 e. The van der Waals surface area contributed by atoms with Gasteiger partial charge in [-0.15, -0.1) is 0 Å². The first-order valence-electron chi connectivity index (χ1n) is 14.0. The Hall–Kier alpha value is -4.20. The first kappa shape index (κ1) is 27.4. The van der Waals surface area contributed by atoms with E-state index in [0.29, 0.717) is 19.6 Å². The average molecular weight is 539 g/mol. The van der Waals surface area contributed by atoms with Crippen molar-refractivity contribution < 1.29 is 9.53 Å². The van der Waals surface area contributed by atoms with Crippen molar-refractivity contribution in [1.29, 1.82) is 0 Å². The highest BCUT2D eigenvalue weighted by Gasteiger charge is 2.31. The summed E-state index contributed by atoms with van der Waals surface area (Å²) >= 11 is 0. The van der Waals surface area contributed by atoms with Crippen molar-refractivity contribution in [3.8, 4) is 0 Å². The number of aliphatic imine (C=N–C) groups is 1. The quantitative estimate of drug-likeness (QED) is 0.282. The maximum absolute atomic E-state index is 12.7. The summed E-state index contributed by atoms with van der Waals surface area (Å²) in [5, 5.41) is 4.90. The maximum atomic E-state index is 12.7. The van der Waals surface area contributed by atoms with Gasteiger partial charge in [-0.25, -0.2) is 19.3 Å². The molecule has 5 rings (SSSR count). The third-order valence-corrected chi connectivity index (χ3v) is 7.03. The van der Waals surface area contributed by atoms with Crippen LogP contribution in [0.15, 0.2) is 71.7 Å². The van der Waals surface area contributed by atoms with Gasteiger partial charge in [-0.2, -0.15) is 5.10 Å². The Bertz CT molecular complexity index is 1480. The van der Waals surface area contributed by atoms with E-state index in [1.54, 1.807) is 4.90 Å². The van der Waals surface area contributed by atoms with E-state index in [9.17, 15) is 4.79 Å². The van der Waals surface area contributed by atoms with Crippen molar-refractivity contribution in [2.45, 2.75) is 59.6 Å². The van der Waals surface area contributed by atoms with Gasteiger partial charge in [0.15, 0.2) is 5.65 Å². The second-order valence-corrected chi connectivity index (χ2v) is 11.3. The van der Waals surface area contributed by atoms with Crippen LogP contribution in [0.5, 0.6) is 0 Å². The van der Waals surface area contributed by atoms with Crippen LogP contribution in [0.2, 0.25) is 0 Å². The van der Waals surface area contributed by atoms with E-state index in [4.69, 9.17) is 19.8 Å². The van der Waals surface area contributed by atoms with E-state index in [1.807, 2.05) is 61.7 Å². The van der Waals surface area contributed by atoms with E-state index in [0.717, 1.165) is 51.8 Å². The van der Waals surface area contributed by atoms with Crippen molar-refractivity contribution in [2.24, 2.45) is 4.99 Å². The molecule has 2 aromatic heterocycles. The summed E-state index contributed by atoms with van der Waals surface area (Å²) in [6.07, 6.45) is 0.464. The zero-order valence-corrected chi connectivity index (χ0v) is 24.3. The first-order valence-corrected chi connectivity index (χ1v) is 14.0. The number of aromatic nitrogens is 3. The van der Waals surface area contributed by atoms with Crippen LogP contribution in [0.25, 0.3) is 5.65 Å². The van der Waals surface area contributed by atoms with Gasteiger partial charge in [-0.3, -0.25) is 0 Å². The molecule has 1 saturated heterocycles. The molecule has 0 saturated carbocycles. The Morgan fingerprint density at radius 1 is 1.02 bits per heavy atom. The van der Waals surface area contributed by atoms with E-state index in [2.05, 4.69) is 56.0 Å². The normalized spacial score (nSPS) is 15.8. The molecule has 40 heavy (non-hydrogen) atoms. The molecular weight excluding hydrogens is 500 g/mol. The van der Waals surface area contributed by atoms with Crippen LogP contribution in [0.4, 0.5) is 16.3 Å². The summed E-state index contributed by atoms with van der Waals surface area (Å²) < 4.78 is 7.51. The molecule has 1 atom stereocenters. The number of carbonyl (C=O) groups excluding carboxylic acids is 1. The highest BCUT2D eigenvalue weighted by atomic mass is 16.6. The fourth-order valence-electron chi connectivity index (χ4n) is 5.07. The number of benzene rings is 2. The number of anilines is 1. The molecule has 0 bridgehead atoms. The molecule has 4 aromatic rings. The van der Waals surface area contributed by atoms with Crippen LogP contribution in [-0.2, 0) is 11.2 Å². The predicted molar refractivity (Wildman–Crippen MR) is 160 cm³/mol. The lowest BCUT2D eigenvalue weighted by atomic mass is 10.0. The minimum Gasteiger partial charge on any atom is -0.444 e. The zero-order valence-electron chi connectivity index (χ0n) is 24.3. The summed E-state index contributed by atoms with van der Waals surface area (Å²) in [6.45, 7) is 13.7. The summed E-state index contributed by atoms with van der Waals surface area (Å²) in [4.78, 5) is 27.1. The average Bonchev–Trinajstić information content (AvgIpc) is 3.29. The van der Waals surface area contributed by atoms with Crippen LogP contribution in [0, 0.1) is 6.92 Å². The molecule has 8 heteroatoms.